The molecule has 1 aromatic rings. The molecule has 72 valence electrons. The van der Waals surface area contributed by atoms with Gasteiger partial charge < -0.3 is 9.84 Å². The maximum Gasteiger partial charge on any atom is 0.165 e. The molecule has 0 saturated carbocycles. The van der Waals surface area contributed by atoms with Gasteiger partial charge in [-0.1, -0.05) is 6.07 Å². The van der Waals surface area contributed by atoms with Gasteiger partial charge in [0, 0.05) is 0 Å². The first-order chi connectivity index (χ1) is 6.27. The van der Waals surface area contributed by atoms with Gasteiger partial charge in [-0.25, -0.2) is 8.78 Å². The van der Waals surface area contributed by atoms with E-state index in [4.69, 9.17) is 9.84 Å². The summed E-state index contributed by atoms with van der Waals surface area (Å²) < 4.78 is 29.4. The molecular weight excluding hydrogens is 178 g/mol. The summed E-state index contributed by atoms with van der Waals surface area (Å²) in [6.45, 7) is -1.03. The molecule has 0 unspecified atom stereocenters. The molecule has 0 aromatic heterocycles. The molecule has 0 fully saturated rings. The van der Waals surface area contributed by atoms with Crippen molar-refractivity contribution in [3.63, 3.8) is 0 Å². The van der Waals surface area contributed by atoms with E-state index in [9.17, 15) is 8.78 Å². The number of halogens is 2. The maximum absolute atomic E-state index is 13.0. The lowest BCUT2D eigenvalue weighted by molar-refractivity contribution is 0.260. The van der Waals surface area contributed by atoms with Crippen LogP contribution in [0, 0.1) is 5.82 Å². The van der Waals surface area contributed by atoms with Crippen LogP contribution in [0.15, 0.2) is 18.2 Å². The van der Waals surface area contributed by atoms with Crippen LogP contribution in [0.3, 0.4) is 0 Å². The molecule has 0 aliphatic carbocycles. The minimum Gasteiger partial charge on any atom is -0.488 e. The highest BCUT2D eigenvalue weighted by molar-refractivity contribution is 5.28. The van der Waals surface area contributed by atoms with Gasteiger partial charge in [0.1, 0.15) is 13.3 Å². The first kappa shape index (κ1) is 9.92. The van der Waals surface area contributed by atoms with Gasteiger partial charge in [0.05, 0.1) is 6.61 Å². The SMILES string of the molecule is OCc1ccc(OCCF)c(F)c1. The van der Waals surface area contributed by atoms with E-state index in [1.807, 2.05) is 0 Å². The second-order valence-electron chi connectivity index (χ2n) is 2.46. The van der Waals surface area contributed by atoms with Gasteiger partial charge in [-0.15, -0.1) is 0 Å². The summed E-state index contributed by atoms with van der Waals surface area (Å²) in [5.74, 6) is -0.574. The Labute approximate surface area is 74.8 Å². The monoisotopic (exact) mass is 188 g/mol. The zero-order valence-corrected chi connectivity index (χ0v) is 6.96. The van der Waals surface area contributed by atoms with Crippen molar-refractivity contribution in [1.29, 1.82) is 0 Å². The van der Waals surface area contributed by atoms with Gasteiger partial charge in [-0.3, -0.25) is 0 Å². The van der Waals surface area contributed by atoms with Crippen LogP contribution < -0.4 is 4.74 Å². The number of benzene rings is 1. The highest BCUT2D eigenvalue weighted by atomic mass is 19.1. The van der Waals surface area contributed by atoms with E-state index >= 15 is 0 Å². The predicted molar refractivity (Wildman–Crippen MR) is 43.8 cm³/mol. The van der Waals surface area contributed by atoms with E-state index in [0.29, 0.717) is 5.56 Å². The van der Waals surface area contributed by atoms with Crippen LogP contribution >= 0.6 is 0 Å². The number of aliphatic hydroxyl groups excluding tert-OH is 1. The van der Waals surface area contributed by atoms with Gasteiger partial charge >= 0.3 is 0 Å². The highest BCUT2D eigenvalue weighted by Crippen LogP contribution is 2.18. The Hall–Kier alpha value is -1.16. The van der Waals surface area contributed by atoms with Crippen LogP contribution in [0.5, 0.6) is 5.75 Å². The Balaban J connectivity index is 2.73. The molecule has 0 aliphatic rings. The normalized spacial score (nSPS) is 10.1. The standard InChI is InChI=1S/C9H10F2O2/c10-3-4-13-9-2-1-7(6-12)5-8(9)11/h1-2,5,12H,3-4,6H2. The number of hydrogen-bond donors (Lipinski definition) is 1. The van der Waals surface area contributed by atoms with Gasteiger partial charge in [-0.05, 0) is 17.7 Å². The summed E-state index contributed by atoms with van der Waals surface area (Å²) in [5.41, 5.74) is 0.463. The topological polar surface area (TPSA) is 29.5 Å². The molecule has 0 heterocycles. The second kappa shape index (κ2) is 4.77. The fourth-order valence-corrected chi connectivity index (χ4v) is 0.908. The molecule has 1 rings (SSSR count). The van der Waals surface area contributed by atoms with Gasteiger partial charge in [0.15, 0.2) is 11.6 Å². The lowest BCUT2D eigenvalue weighted by Crippen LogP contribution is -2.00. The van der Waals surface area contributed by atoms with E-state index in [2.05, 4.69) is 0 Å². The van der Waals surface area contributed by atoms with Crippen LogP contribution in [0.25, 0.3) is 0 Å². The summed E-state index contributed by atoms with van der Waals surface area (Å²) in [7, 11) is 0. The van der Waals surface area contributed by atoms with Gasteiger partial charge in [0.2, 0.25) is 0 Å². The van der Waals surface area contributed by atoms with E-state index in [1.165, 1.54) is 12.1 Å². The van der Waals surface area contributed by atoms with Crippen LogP contribution in [0.2, 0.25) is 0 Å². The van der Waals surface area contributed by atoms with Gasteiger partial charge in [-0.2, -0.15) is 0 Å². The molecule has 0 atom stereocenters. The number of alkyl halides is 1. The summed E-state index contributed by atoms with van der Waals surface area (Å²) in [6.07, 6.45) is 0. The molecule has 0 spiro atoms. The number of ether oxygens (including phenoxy) is 1. The smallest absolute Gasteiger partial charge is 0.165 e. The zero-order chi connectivity index (χ0) is 9.68. The lowest BCUT2D eigenvalue weighted by atomic mass is 10.2. The molecule has 1 N–H and O–H groups in total. The Morgan fingerprint density at radius 2 is 2.15 bits per heavy atom. The minimum absolute atomic E-state index is 0.00912. The highest BCUT2D eigenvalue weighted by Gasteiger charge is 2.03. The van der Waals surface area contributed by atoms with E-state index < -0.39 is 12.5 Å². The maximum atomic E-state index is 13.0. The molecule has 2 nitrogen and oxygen atoms in total. The van der Waals surface area contributed by atoms with Crippen LogP contribution in [-0.2, 0) is 6.61 Å². The first-order valence-electron chi connectivity index (χ1n) is 3.86. The Kier molecular flexibility index (Phi) is 3.64. The first-order valence-corrected chi connectivity index (χ1v) is 3.86. The van der Waals surface area contributed by atoms with Crippen LogP contribution in [-0.4, -0.2) is 18.4 Å². The molecule has 0 saturated heterocycles. The molecule has 0 amide bonds. The fourth-order valence-electron chi connectivity index (χ4n) is 0.908. The van der Waals surface area contributed by atoms with E-state index in [-0.39, 0.29) is 19.0 Å². The summed E-state index contributed by atoms with van der Waals surface area (Å²) >= 11 is 0. The van der Waals surface area contributed by atoms with Crippen LogP contribution in [0.1, 0.15) is 5.56 Å². The van der Waals surface area contributed by atoms with Crippen LogP contribution in [0.4, 0.5) is 8.78 Å². The van der Waals surface area contributed by atoms with Crippen molar-refractivity contribution in [2.24, 2.45) is 0 Å². The Bertz CT molecular complexity index is 276. The third kappa shape index (κ3) is 2.66. The molecule has 1 aromatic carbocycles. The summed E-state index contributed by atoms with van der Waals surface area (Å²) in [4.78, 5) is 0. The van der Waals surface area contributed by atoms with E-state index in [0.717, 1.165) is 6.07 Å². The molecule has 0 radical (unpaired) electrons. The van der Waals surface area contributed by atoms with Crippen molar-refractivity contribution in [2.75, 3.05) is 13.3 Å². The molecule has 0 bridgehead atoms. The van der Waals surface area contributed by atoms with Crippen molar-refractivity contribution in [1.82, 2.24) is 0 Å². The van der Waals surface area contributed by atoms with E-state index in [1.54, 1.807) is 0 Å². The number of hydrogen-bond acceptors (Lipinski definition) is 2. The van der Waals surface area contributed by atoms with Crippen molar-refractivity contribution < 1.29 is 18.6 Å². The van der Waals surface area contributed by atoms with Gasteiger partial charge in [0.25, 0.3) is 0 Å². The third-order valence-electron chi connectivity index (χ3n) is 1.51. The largest absolute Gasteiger partial charge is 0.488 e. The average molecular weight is 188 g/mol. The average Bonchev–Trinajstić information content (AvgIpc) is 2.16. The summed E-state index contributed by atoms with van der Waals surface area (Å²) in [6, 6.07) is 4.06. The lowest BCUT2D eigenvalue weighted by Gasteiger charge is -2.05. The second-order valence-corrected chi connectivity index (χ2v) is 2.46. The number of aliphatic hydroxyl groups is 1. The van der Waals surface area contributed by atoms with Crippen molar-refractivity contribution in [2.45, 2.75) is 6.61 Å². The Morgan fingerprint density at radius 1 is 1.38 bits per heavy atom. The fraction of sp³-hybridized carbons (Fsp3) is 0.333. The molecular formula is C9H10F2O2. The number of rotatable bonds is 4. The zero-order valence-electron chi connectivity index (χ0n) is 6.96. The van der Waals surface area contributed by atoms with Crippen molar-refractivity contribution in [3.8, 4) is 5.75 Å². The quantitative estimate of drug-likeness (QED) is 0.778. The molecule has 4 heteroatoms. The van der Waals surface area contributed by atoms with Crippen molar-refractivity contribution in [3.05, 3.63) is 29.6 Å². The molecule has 13 heavy (non-hydrogen) atoms. The minimum atomic E-state index is -0.652. The van der Waals surface area contributed by atoms with Crippen molar-refractivity contribution >= 4 is 0 Å². The predicted octanol–water partition coefficient (Wildman–Crippen LogP) is 1.67. The third-order valence-corrected chi connectivity index (χ3v) is 1.51. The molecule has 0 aliphatic heterocycles. The summed E-state index contributed by atoms with van der Waals surface area (Å²) in [5, 5.41) is 8.66. The Morgan fingerprint density at radius 3 is 2.69 bits per heavy atom.